The Balaban J connectivity index is 2.47. The van der Waals surface area contributed by atoms with E-state index in [1.807, 2.05) is 0 Å². The van der Waals surface area contributed by atoms with Crippen LogP contribution in [0.5, 0.6) is 0 Å². The maximum Gasteiger partial charge on any atom is 0.390 e. The van der Waals surface area contributed by atoms with Crippen molar-refractivity contribution in [2.24, 2.45) is 5.73 Å². The predicted molar refractivity (Wildman–Crippen MR) is 58.1 cm³/mol. The van der Waals surface area contributed by atoms with Gasteiger partial charge < -0.3 is 5.73 Å². The lowest BCUT2D eigenvalue weighted by molar-refractivity contribution is -0.138. The van der Waals surface area contributed by atoms with Crippen LogP contribution in [0.2, 0.25) is 0 Å². The SMILES string of the molecule is Cc1cc(CCC(N)CC(F)(F)F)ccc1F. The molecule has 0 aliphatic heterocycles. The predicted octanol–water partition coefficient (Wildman–Crippen LogP) is 3.35. The van der Waals surface area contributed by atoms with Gasteiger partial charge in [0.25, 0.3) is 0 Å². The molecule has 1 aromatic rings. The van der Waals surface area contributed by atoms with E-state index < -0.39 is 18.6 Å². The molecular weight excluding hydrogens is 234 g/mol. The molecule has 0 radical (unpaired) electrons. The van der Waals surface area contributed by atoms with Crippen LogP contribution in [-0.2, 0) is 6.42 Å². The fourth-order valence-electron chi connectivity index (χ4n) is 1.61. The molecule has 1 atom stereocenters. The lowest BCUT2D eigenvalue weighted by atomic mass is 10.0. The lowest BCUT2D eigenvalue weighted by Crippen LogP contribution is -2.28. The zero-order chi connectivity index (χ0) is 13.1. The van der Waals surface area contributed by atoms with Crippen molar-refractivity contribution >= 4 is 0 Å². The van der Waals surface area contributed by atoms with Crippen molar-refractivity contribution in [3.63, 3.8) is 0 Å². The summed E-state index contributed by atoms with van der Waals surface area (Å²) in [5.41, 5.74) is 6.68. The largest absolute Gasteiger partial charge is 0.390 e. The molecule has 0 spiro atoms. The molecule has 0 bridgehead atoms. The van der Waals surface area contributed by atoms with Crippen molar-refractivity contribution in [2.45, 2.75) is 38.4 Å². The number of hydrogen-bond donors (Lipinski definition) is 1. The fourth-order valence-corrected chi connectivity index (χ4v) is 1.61. The van der Waals surface area contributed by atoms with Crippen LogP contribution in [0.1, 0.15) is 24.0 Å². The first-order valence-electron chi connectivity index (χ1n) is 5.35. The van der Waals surface area contributed by atoms with Gasteiger partial charge in [0.05, 0.1) is 6.42 Å². The van der Waals surface area contributed by atoms with Gasteiger partial charge in [-0.3, -0.25) is 0 Å². The smallest absolute Gasteiger partial charge is 0.327 e. The Morgan fingerprint density at radius 1 is 1.29 bits per heavy atom. The Bertz CT molecular complexity index is 373. The van der Waals surface area contributed by atoms with Crippen LogP contribution in [0.25, 0.3) is 0 Å². The van der Waals surface area contributed by atoms with E-state index in [1.165, 1.54) is 6.07 Å². The average Bonchev–Trinajstić information content (AvgIpc) is 2.17. The highest BCUT2D eigenvalue weighted by Crippen LogP contribution is 2.22. The van der Waals surface area contributed by atoms with Crippen molar-refractivity contribution in [1.29, 1.82) is 0 Å². The summed E-state index contributed by atoms with van der Waals surface area (Å²) in [6.45, 7) is 1.62. The van der Waals surface area contributed by atoms with Crippen LogP contribution >= 0.6 is 0 Å². The van der Waals surface area contributed by atoms with E-state index in [-0.39, 0.29) is 12.2 Å². The number of nitrogens with two attached hydrogens (primary N) is 1. The van der Waals surface area contributed by atoms with Gasteiger partial charge in [-0.1, -0.05) is 12.1 Å². The van der Waals surface area contributed by atoms with Gasteiger partial charge in [0.1, 0.15) is 5.82 Å². The molecule has 0 aliphatic carbocycles. The van der Waals surface area contributed by atoms with Gasteiger partial charge in [-0.25, -0.2) is 4.39 Å². The van der Waals surface area contributed by atoms with Gasteiger partial charge in [0.15, 0.2) is 0 Å². The quantitative estimate of drug-likeness (QED) is 0.814. The van der Waals surface area contributed by atoms with E-state index in [9.17, 15) is 17.6 Å². The molecule has 1 aromatic carbocycles. The summed E-state index contributed by atoms with van der Waals surface area (Å²) in [5.74, 6) is -0.312. The molecule has 0 heterocycles. The second-order valence-electron chi connectivity index (χ2n) is 4.20. The summed E-state index contributed by atoms with van der Waals surface area (Å²) in [5, 5.41) is 0. The van der Waals surface area contributed by atoms with Crippen LogP contribution in [0, 0.1) is 12.7 Å². The van der Waals surface area contributed by atoms with Crippen LogP contribution < -0.4 is 5.73 Å². The van der Waals surface area contributed by atoms with Gasteiger partial charge in [-0.05, 0) is 37.0 Å². The van der Waals surface area contributed by atoms with E-state index in [2.05, 4.69) is 0 Å². The zero-order valence-corrected chi connectivity index (χ0v) is 9.52. The van der Waals surface area contributed by atoms with Crippen LogP contribution in [0.15, 0.2) is 18.2 Å². The Kier molecular flexibility index (Phi) is 4.51. The number of aryl methyl sites for hydroxylation is 2. The summed E-state index contributed by atoms with van der Waals surface area (Å²) < 4.78 is 49.0. The monoisotopic (exact) mass is 249 g/mol. The molecule has 0 aromatic heterocycles. The van der Waals surface area contributed by atoms with Gasteiger partial charge in [0, 0.05) is 6.04 Å². The maximum absolute atomic E-state index is 12.9. The third-order valence-corrected chi connectivity index (χ3v) is 2.52. The van der Waals surface area contributed by atoms with Crippen molar-refractivity contribution in [3.05, 3.63) is 35.1 Å². The minimum Gasteiger partial charge on any atom is -0.327 e. The molecule has 0 fully saturated rings. The van der Waals surface area contributed by atoms with E-state index in [4.69, 9.17) is 5.73 Å². The fraction of sp³-hybridized carbons (Fsp3) is 0.500. The zero-order valence-electron chi connectivity index (χ0n) is 9.52. The summed E-state index contributed by atoms with van der Waals surface area (Å²) in [7, 11) is 0. The van der Waals surface area contributed by atoms with E-state index in [0.29, 0.717) is 12.0 Å². The molecular formula is C12H15F4N. The number of halogens is 4. The van der Waals surface area contributed by atoms with E-state index >= 15 is 0 Å². The number of benzene rings is 1. The van der Waals surface area contributed by atoms with Gasteiger partial charge in [-0.2, -0.15) is 13.2 Å². The minimum atomic E-state index is -4.22. The lowest BCUT2D eigenvalue weighted by Gasteiger charge is -2.14. The molecule has 1 rings (SSSR count). The second-order valence-corrected chi connectivity index (χ2v) is 4.20. The van der Waals surface area contributed by atoms with Gasteiger partial charge in [0.2, 0.25) is 0 Å². The molecule has 1 unspecified atom stereocenters. The molecule has 0 saturated heterocycles. The molecule has 1 nitrogen and oxygen atoms in total. The summed E-state index contributed by atoms with van der Waals surface area (Å²) in [4.78, 5) is 0. The maximum atomic E-state index is 12.9. The molecule has 5 heteroatoms. The summed E-state index contributed by atoms with van der Waals surface area (Å²) in [6, 6.07) is 3.62. The van der Waals surface area contributed by atoms with Crippen molar-refractivity contribution in [1.82, 2.24) is 0 Å². The Morgan fingerprint density at radius 3 is 2.47 bits per heavy atom. The van der Waals surface area contributed by atoms with Crippen molar-refractivity contribution in [2.75, 3.05) is 0 Å². The third kappa shape index (κ3) is 5.17. The molecule has 0 aliphatic rings. The minimum absolute atomic E-state index is 0.241. The number of rotatable bonds is 4. The molecule has 96 valence electrons. The molecule has 17 heavy (non-hydrogen) atoms. The molecule has 0 amide bonds. The molecule has 2 N–H and O–H groups in total. The Morgan fingerprint density at radius 2 is 1.94 bits per heavy atom. The van der Waals surface area contributed by atoms with Gasteiger partial charge in [-0.15, -0.1) is 0 Å². The summed E-state index contributed by atoms with van der Waals surface area (Å²) in [6.07, 6.45) is -4.53. The highest BCUT2D eigenvalue weighted by Gasteiger charge is 2.29. The third-order valence-electron chi connectivity index (χ3n) is 2.52. The van der Waals surface area contributed by atoms with E-state index in [0.717, 1.165) is 5.56 Å². The highest BCUT2D eigenvalue weighted by molar-refractivity contribution is 5.24. The first kappa shape index (κ1) is 14.0. The number of alkyl halides is 3. The standard InChI is InChI=1S/C12H15F4N/c1-8-6-9(3-5-11(8)13)2-4-10(17)7-12(14,15)16/h3,5-6,10H,2,4,7,17H2,1H3. The highest BCUT2D eigenvalue weighted by atomic mass is 19.4. The topological polar surface area (TPSA) is 26.0 Å². The van der Waals surface area contributed by atoms with E-state index in [1.54, 1.807) is 19.1 Å². The first-order chi connectivity index (χ1) is 7.78. The van der Waals surface area contributed by atoms with Crippen LogP contribution in [-0.4, -0.2) is 12.2 Å². The molecule has 0 saturated carbocycles. The first-order valence-corrected chi connectivity index (χ1v) is 5.35. The van der Waals surface area contributed by atoms with Crippen LogP contribution in [0.3, 0.4) is 0 Å². The summed E-state index contributed by atoms with van der Waals surface area (Å²) >= 11 is 0. The Hall–Kier alpha value is -1.10. The van der Waals surface area contributed by atoms with Crippen molar-refractivity contribution in [3.8, 4) is 0 Å². The average molecular weight is 249 g/mol. The van der Waals surface area contributed by atoms with Crippen molar-refractivity contribution < 1.29 is 17.6 Å². The second kappa shape index (κ2) is 5.49. The van der Waals surface area contributed by atoms with Crippen LogP contribution in [0.4, 0.5) is 17.6 Å². The normalized spacial score (nSPS) is 13.8. The Labute approximate surface area is 97.6 Å². The van der Waals surface area contributed by atoms with Gasteiger partial charge >= 0.3 is 6.18 Å². The number of hydrogen-bond acceptors (Lipinski definition) is 1.